The summed E-state index contributed by atoms with van der Waals surface area (Å²) in [5.74, 6) is -0.836. The maximum Gasteiger partial charge on any atom is 0.326 e. The molecule has 1 aliphatic rings. The van der Waals surface area contributed by atoms with Crippen molar-refractivity contribution in [2.45, 2.75) is 39.7 Å². The Labute approximate surface area is 147 Å². The first-order chi connectivity index (χ1) is 11.9. The molecule has 0 spiro atoms. The summed E-state index contributed by atoms with van der Waals surface area (Å²) in [5.41, 5.74) is 3.34. The van der Waals surface area contributed by atoms with Crippen molar-refractivity contribution >= 4 is 11.9 Å². The third-order valence-corrected chi connectivity index (χ3v) is 4.78. The molecule has 0 radical (unpaired) electrons. The van der Waals surface area contributed by atoms with Crippen LogP contribution in [0.3, 0.4) is 0 Å². The van der Waals surface area contributed by atoms with Crippen molar-refractivity contribution in [3.63, 3.8) is 0 Å². The molecule has 2 aromatic rings. The summed E-state index contributed by atoms with van der Waals surface area (Å²) in [7, 11) is 0. The van der Waals surface area contributed by atoms with Gasteiger partial charge in [-0.2, -0.15) is 5.10 Å². The Morgan fingerprint density at radius 1 is 1.20 bits per heavy atom. The number of amides is 1. The zero-order valence-corrected chi connectivity index (χ0v) is 14.8. The highest BCUT2D eigenvalue weighted by Crippen LogP contribution is 2.25. The summed E-state index contributed by atoms with van der Waals surface area (Å²) in [6.45, 7) is 6.42. The molecule has 1 aromatic heterocycles. The number of carboxylic acid groups (broad SMARTS) is 1. The van der Waals surface area contributed by atoms with Crippen LogP contribution in [-0.4, -0.2) is 44.3 Å². The summed E-state index contributed by atoms with van der Waals surface area (Å²) in [6, 6.07) is 8.41. The molecule has 6 heteroatoms. The van der Waals surface area contributed by atoms with Gasteiger partial charge in [0.1, 0.15) is 6.04 Å². The van der Waals surface area contributed by atoms with Gasteiger partial charge in [-0.15, -0.1) is 0 Å². The second-order valence-electron chi connectivity index (χ2n) is 6.87. The lowest BCUT2D eigenvalue weighted by molar-refractivity contribution is -0.144. The van der Waals surface area contributed by atoms with Gasteiger partial charge >= 0.3 is 5.97 Å². The van der Waals surface area contributed by atoms with Crippen molar-refractivity contribution in [1.82, 2.24) is 14.7 Å². The van der Waals surface area contributed by atoms with Crippen molar-refractivity contribution < 1.29 is 14.7 Å². The van der Waals surface area contributed by atoms with E-state index in [-0.39, 0.29) is 5.91 Å². The molecule has 25 heavy (non-hydrogen) atoms. The molecule has 1 fully saturated rings. The van der Waals surface area contributed by atoms with E-state index in [9.17, 15) is 14.7 Å². The van der Waals surface area contributed by atoms with E-state index in [1.54, 1.807) is 12.1 Å². The number of nitrogens with zero attached hydrogens (tertiary/aromatic N) is 3. The smallest absolute Gasteiger partial charge is 0.326 e. The largest absolute Gasteiger partial charge is 0.480 e. The maximum absolute atomic E-state index is 12.8. The maximum atomic E-state index is 12.8. The van der Waals surface area contributed by atoms with E-state index in [0.717, 1.165) is 23.5 Å². The number of hydrogen-bond donors (Lipinski definition) is 1. The lowest BCUT2D eigenvalue weighted by Gasteiger charge is -2.36. The van der Waals surface area contributed by atoms with Gasteiger partial charge in [0.05, 0.1) is 11.4 Å². The van der Waals surface area contributed by atoms with Gasteiger partial charge in [0.15, 0.2) is 0 Å². The van der Waals surface area contributed by atoms with Gasteiger partial charge in [-0.1, -0.05) is 6.92 Å². The highest BCUT2D eigenvalue weighted by Gasteiger charge is 2.35. The van der Waals surface area contributed by atoms with E-state index in [1.165, 1.54) is 4.90 Å². The number of rotatable bonds is 3. The average Bonchev–Trinajstić information content (AvgIpc) is 2.92. The summed E-state index contributed by atoms with van der Waals surface area (Å²) in [6.07, 6.45) is 1.34. The van der Waals surface area contributed by atoms with Gasteiger partial charge in [-0.3, -0.25) is 4.79 Å². The monoisotopic (exact) mass is 341 g/mol. The highest BCUT2D eigenvalue weighted by atomic mass is 16.4. The molecule has 0 bridgehead atoms. The number of carbonyl (C=O) groups is 2. The minimum Gasteiger partial charge on any atom is -0.480 e. The van der Waals surface area contributed by atoms with Crippen molar-refractivity contribution in [2.75, 3.05) is 6.54 Å². The number of aromatic nitrogens is 2. The van der Waals surface area contributed by atoms with E-state index >= 15 is 0 Å². The number of hydrogen-bond acceptors (Lipinski definition) is 3. The van der Waals surface area contributed by atoms with Crippen molar-refractivity contribution in [1.29, 1.82) is 0 Å². The summed E-state index contributed by atoms with van der Waals surface area (Å²) in [5, 5.41) is 13.9. The number of aliphatic carboxylic acids is 1. The van der Waals surface area contributed by atoms with Crippen LogP contribution in [-0.2, 0) is 4.79 Å². The normalized spacial score (nSPS) is 20.5. The minimum absolute atomic E-state index is 0.223. The Kier molecular flexibility index (Phi) is 4.61. The highest BCUT2D eigenvalue weighted by molar-refractivity contribution is 5.96. The third kappa shape index (κ3) is 3.43. The molecule has 3 rings (SSSR count). The summed E-state index contributed by atoms with van der Waals surface area (Å²) in [4.78, 5) is 25.8. The Balaban J connectivity index is 1.83. The molecule has 1 aromatic carbocycles. The van der Waals surface area contributed by atoms with Gasteiger partial charge < -0.3 is 10.0 Å². The first-order valence-corrected chi connectivity index (χ1v) is 8.54. The van der Waals surface area contributed by atoms with Crippen LogP contribution in [0.5, 0.6) is 0 Å². The van der Waals surface area contributed by atoms with Crippen LogP contribution >= 0.6 is 0 Å². The molecule has 132 valence electrons. The lowest BCUT2D eigenvalue weighted by atomic mass is 9.92. The molecule has 2 unspecified atom stereocenters. The third-order valence-electron chi connectivity index (χ3n) is 4.78. The number of benzene rings is 1. The van der Waals surface area contributed by atoms with E-state index in [0.29, 0.717) is 24.4 Å². The Bertz CT molecular complexity index is 795. The zero-order chi connectivity index (χ0) is 18.1. The Morgan fingerprint density at radius 2 is 1.88 bits per heavy atom. The summed E-state index contributed by atoms with van der Waals surface area (Å²) >= 11 is 0. The predicted molar refractivity (Wildman–Crippen MR) is 93.9 cm³/mol. The predicted octanol–water partition coefficient (Wildman–Crippen LogP) is 2.81. The van der Waals surface area contributed by atoms with Crippen molar-refractivity contribution in [2.24, 2.45) is 5.92 Å². The van der Waals surface area contributed by atoms with E-state index < -0.39 is 12.0 Å². The van der Waals surface area contributed by atoms with E-state index in [2.05, 4.69) is 5.10 Å². The molecule has 2 atom stereocenters. The molecule has 1 saturated heterocycles. The van der Waals surface area contributed by atoms with Crippen molar-refractivity contribution in [3.05, 3.63) is 47.3 Å². The van der Waals surface area contributed by atoms with Crippen LogP contribution in [0.2, 0.25) is 0 Å². The molecule has 1 aliphatic heterocycles. The van der Waals surface area contributed by atoms with Gasteiger partial charge in [-0.05, 0) is 62.9 Å². The fourth-order valence-electron chi connectivity index (χ4n) is 3.42. The van der Waals surface area contributed by atoms with Gasteiger partial charge in [0.25, 0.3) is 5.91 Å². The number of likely N-dealkylation sites (tertiary alicyclic amines) is 1. The Morgan fingerprint density at radius 3 is 2.44 bits per heavy atom. The average molecular weight is 341 g/mol. The van der Waals surface area contributed by atoms with Gasteiger partial charge in [0, 0.05) is 17.8 Å². The zero-order valence-electron chi connectivity index (χ0n) is 14.8. The lowest BCUT2D eigenvalue weighted by Crippen LogP contribution is -2.49. The molecule has 1 amide bonds. The summed E-state index contributed by atoms with van der Waals surface area (Å²) < 4.78 is 1.83. The van der Waals surface area contributed by atoms with Crippen LogP contribution in [0.25, 0.3) is 5.69 Å². The minimum atomic E-state index is -0.931. The molecule has 0 saturated carbocycles. The quantitative estimate of drug-likeness (QED) is 0.931. The van der Waals surface area contributed by atoms with Crippen LogP contribution in [0, 0.1) is 19.8 Å². The second-order valence-corrected chi connectivity index (χ2v) is 6.87. The van der Waals surface area contributed by atoms with Crippen LogP contribution < -0.4 is 0 Å². The fraction of sp³-hybridized carbons (Fsp3) is 0.421. The molecule has 2 heterocycles. The first-order valence-electron chi connectivity index (χ1n) is 8.54. The Hall–Kier alpha value is -2.63. The number of piperidine rings is 1. The molecule has 0 aliphatic carbocycles. The van der Waals surface area contributed by atoms with Crippen LogP contribution in [0.4, 0.5) is 0 Å². The number of carboxylic acids is 1. The standard InChI is InChI=1S/C19H23N3O3/c1-12-8-9-21(17(10-12)19(24)25)18(23)15-4-6-16(7-5-15)22-14(3)11-13(2)20-22/h4-7,11-12,17H,8-10H2,1-3H3,(H,24,25). The topological polar surface area (TPSA) is 75.4 Å². The van der Waals surface area contributed by atoms with E-state index in [1.807, 2.05) is 43.7 Å². The van der Waals surface area contributed by atoms with Crippen LogP contribution in [0.1, 0.15) is 41.5 Å². The fourth-order valence-corrected chi connectivity index (χ4v) is 3.42. The molecular weight excluding hydrogens is 318 g/mol. The molecule has 1 N–H and O–H groups in total. The number of aryl methyl sites for hydroxylation is 2. The van der Waals surface area contributed by atoms with Crippen LogP contribution in [0.15, 0.2) is 30.3 Å². The second kappa shape index (κ2) is 6.70. The van der Waals surface area contributed by atoms with Gasteiger partial charge in [-0.25, -0.2) is 9.48 Å². The molecular formula is C19H23N3O3. The number of carbonyl (C=O) groups excluding carboxylic acids is 1. The SMILES string of the molecule is Cc1cc(C)n(-c2ccc(C(=O)N3CCC(C)CC3C(=O)O)cc2)n1. The van der Waals surface area contributed by atoms with Gasteiger partial charge in [0.2, 0.25) is 0 Å². The van der Waals surface area contributed by atoms with E-state index in [4.69, 9.17) is 0 Å². The van der Waals surface area contributed by atoms with Crippen molar-refractivity contribution in [3.8, 4) is 5.69 Å². The molecule has 6 nitrogen and oxygen atoms in total. The first kappa shape index (κ1) is 17.2.